The summed E-state index contributed by atoms with van der Waals surface area (Å²) in [6, 6.07) is 13.6. The summed E-state index contributed by atoms with van der Waals surface area (Å²) in [6.07, 6.45) is 1.42. The molecule has 0 unspecified atom stereocenters. The fraction of sp³-hybridized carbons (Fsp3) is 0.0625. The molecule has 0 spiro atoms. The number of allylic oxidation sites excluding steroid dienone is 1. The molecule has 0 saturated carbocycles. The fourth-order valence-corrected chi connectivity index (χ4v) is 2.83. The van der Waals surface area contributed by atoms with E-state index in [9.17, 15) is 12.8 Å². The molecule has 0 heterocycles. The molecular formula is C16H14FNO3S. The predicted molar refractivity (Wildman–Crippen MR) is 82.1 cm³/mol. The van der Waals surface area contributed by atoms with Gasteiger partial charge in [0.1, 0.15) is 5.82 Å². The lowest BCUT2D eigenvalue weighted by Crippen LogP contribution is -2.02. The van der Waals surface area contributed by atoms with E-state index < -0.39 is 9.84 Å². The van der Waals surface area contributed by atoms with Crippen molar-refractivity contribution in [3.63, 3.8) is 0 Å². The van der Waals surface area contributed by atoms with Crippen LogP contribution < -0.4 is 0 Å². The van der Waals surface area contributed by atoms with Crippen LogP contribution in [0.4, 0.5) is 4.39 Å². The van der Waals surface area contributed by atoms with Crippen LogP contribution in [-0.4, -0.2) is 19.3 Å². The SMILES string of the molecule is O=S(=O)(/C=C/C(Cc1ccc(F)cc1)=N/O)c1ccccc1. The first-order valence-corrected chi connectivity index (χ1v) is 7.99. The van der Waals surface area contributed by atoms with E-state index >= 15 is 0 Å². The summed E-state index contributed by atoms with van der Waals surface area (Å²) in [6.45, 7) is 0. The molecule has 2 aromatic carbocycles. The van der Waals surface area contributed by atoms with E-state index in [0.29, 0.717) is 5.56 Å². The van der Waals surface area contributed by atoms with E-state index in [1.807, 2.05) is 0 Å². The van der Waals surface area contributed by atoms with Crippen molar-refractivity contribution in [2.45, 2.75) is 11.3 Å². The average molecular weight is 319 g/mol. The standard InChI is InChI=1S/C16H14FNO3S/c17-14-8-6-13(7-9-14)12-15(18-19)10-11-22(20,21)16-4-2-1-3-5-16/h1-11,19H,12H2/b11-10+,18-15-. The Morgan fingerprint density at radius 1 is 1.09 bits per heavy atom. The normalized spacial score (nSPS) is 12.7. The van der Waals surface area contributed by atoms with Gasteiger partial charge in [-0.3, -0.25) is 0 Å². The minimum Gasteiger partial charge on any atom is -0.411 e. The van der Waals surface area contributed by atoms with E-state index in [4.69, 9.17) is 5.21 Å². The second kappa shape index (κ2) is 7.00. The first kappa shape index (κ1) is 15.9. The highest BCUT2D eigenvalue weighted by atomic mass is 32.2. The van der Waals surface area contributed by atoms with Gasteiger partial charge in [0.05, 0.1) is 10.6 Å². The van der Waals surface area contributed by atoms with Crippen LogP contribution in [0.5, 0.6) is 0 Å². The molecule has 2 rings (SSSR count). The number of oxime groups is 1. The number of rotatable bonds is 5. The smallest absolute Gasteiger partial charge is 0.199 e. The van der Waals surface area contributed by atoms with Crippen molar-refractivity contribution >= 4 is 15.5 Å². The molecule has 0 saturated heterocycles. The zero-order valence-corrected chi connectivity index (χ0v) is 12.4. The van der Waals surface area contributed by atoms with Crippen LogP contribution in [0.2, 0.25) is 0 Å². The summed E-state index contributed by atoms with van der Waals surface area (Å²) in [7, 11) is -3.60. The molecule has 0 aliphatic rings. The molecule has 0 atom stereocenters. The Balaban J connectivity index is 2.15. The van der Waals surface area contributed by atoms with Gasteiger partial charge < -0.3 is 5.21 Å². The number of benzene rings is 2. The number of halogens is 1. The largest absolute Gasteiger partial charge is 0.411 e. The van der Waals surface area contributed by atoms with E-state index in [-0.39, 0.29) is 22.8 Å². The average Bonchev–Trinajstić information content (AvgIpc) is 2.54. The summed E-state index contributed by atoms with van der Waals surface area (Å²) in [5.41, 5.74) is 0.863. The molecule has 4 nitrogen and oxygen atoms in total. The van der Waals surface area contributed by atoms with Crippen molar-refractivity contribution in [2.75, 3.05) is 0 Å². The lowest BCUT2D eigenvalue weighted by Gasteiger charge is -2.01. The summed E-state index contributed by atoms with van der Waals surface area (Å²) in [5.74, 6) is -0.367. The molecule has 0 bridgehead atoms. The van der Waals surface area contributed by atoms with Crippen molar-refractivity contribution in [3.8, 4) is 0 Å². The van der Waals surface area contributed by atoms with Gasteiger partial charge in [0.25, 0.3) is 0 Å². The van der Waals surface area contributed by atoms with E-state index in [1.54, 1.807) is 30.3 Å². The highest BCUT2D eigenvalue weighted by Gasteiger charge is 2.10. The zero-order valence-electron chi connectivity index (χ0n) is 11.6. The topological polar surface area (TPSA) is 66.7 Å². The molecule has 1 N–H and O–H groups in total. The summed E-state index contributed by atoms with van der Waals surface area (Å²) < 4.78 is 37.0. The number of nitrogens with zero attached hydrogens (tertiary/aromatic N) is 1. The second-order valence-electron chi connectivity index (χ2n) is 4.56. The molecule has 0 amide bonds. The lowest BCUT2D eigenvalue weighted by molar-refractivity contribution is 0.318. The van der Waals surface area contributed by atoms with Crippen molar-refractivity contribution < 1.29 is 18.0 Å². The Labute approximate surface area is 128 Å². The molecule has 0 aliphatic heterocycles. The van der Waals surface area contributed by atoms with Crippen LogP contribution in [0.15, 0.2) is 76.1 Å². The first-order chi connectivity index (χ1) is 10.5. The highest BCUT2D eigenvalue weighted by molar-refractivity contribution is 7.94. The number of sulfone groups is 1. The van der Waals surface area contributed by atoms with Gasteiger partial charge in [-0.25, -0.2) is 12.8 Å². The van der Waals surface area contributed by atoms with Gasteiger partial charge in [0.15, 0.2) is 9.84 Å². The van der Waals surface area contributed by atoms with Gasteiger partial charge in [-0.2, -0.15) is 0 Å². The molecule has 0 aromatic heterocycles. The number of hydrogen-bond donors (Lipinski definition) is 1. The summed E-state index contributed by atoms with van der Waals surface area (Å²) >= 11 is 0. The molecule has 22 heavy (non-hydrogen) atoms. The van der Waals surface area contributed by atoms with E-state index in [0.717, 1.165) is 5.41 Å². The highest BCUT2D eigenvalue weighted by Crippen LogP contribution is 2.12. The Bertz CT molecular complexity index is 782. The van der Waals surface area contributed by atoms with E-state index in [1.165, 1.54) is 30.3 Å². The zero-order chi connectivity index (χ0) is 16.0. The molecule has 6 heteroatoms. The first-order valence-electron chi connectivity index (χ1n) is 6.45. The molecule has 2 aromatic rings. The van der Waals surface area contributed by atoms with E-state index in [2.05, 4.69) is 5.16 Å². The third-order valence-corrected chi connectivity index (χ3v) is 4.36. The molecule has 0 aliphatic carbocycles. The van der Waals surface area contributed by atoms with Gasteiger partial charge in [-0.1, -0.05) is 35.5 Å². The van der Waals surface area contributed by atoms with Crippen LogP contribution in [0.25, 0.3) is 0 Å². The summed E-state index contributed by atoms with van der Waals surface area (Å²) in [5, 5.41) is 13.0. The fourth-order valence-electron chi connectivity index (χ4n) is 1.80. The summed E-state index contributed by atoms with van der Waals surface area (Å²) in [4.78, 5) is 0.158. The molecule has 0 radical (unpaired) electrons. The Morgan fingerprint density at radius 3 is 2.32 bits per heavy atom. The third-order valence-electron chi connectivity index (χ3n) is 2.94. The minimum atomic E-state index is -3.60. The minimum absolute atomic E-state index is 0.158. The molecular weight excluding hydrogens is 305 g/mol. The van der Waals surface area contributed by atoms with Gasteiger partial charge >= 0.3 is 0 Å². The molecule has 114 valence electrons. The maximum Gasteiger partial charge on any atom is 0.199 e. The Kier molecular flexibility index (Phi) is 5.06. The van der Waals surface area contributed by atoms with Gasteiger partial charge in [-0.05, 0) is 35.9 Å². The van der Waals surface area contributed by atoms with Crippen LogP contribution in [0.1, 0.15) is 5.56 Å². The quantitative estimate of drug-likeness (QED) is 0.523. The van der Waals surface area contributed by atoms with Crippen LogP contribution in [0.3, 0.4) is 0 Å². The molecule has 0 fully saturated rings. The maximum atomic E-state index is 12.8. The van der Waals surface area contributed by atoms with Gasteiger partial charge in [0, 0.05) is 11.8 Å². The Hall–Kier alpha value is -2.47. The van der Waals surface area contributed by atoms with Gasteiger partial charge in [0.2, 0.25) is 0 Å². The third kappa shape index (κ3) is 4.26. The van der Waals surface area contributed by atoms with Crippen LogP contribution in [0, 0.1) is 5.82 Å². The van der Waals surface area contributed by atoms with Crippen LogP contribution >= 0.6 is 0 Å². The monoisotopic (exact) mass is 319 g/mol. The second-order valence-corrected chi connectivity index (χ2v) is 6.39. The lowest BCUT2D eigenvalue weighted by atomic mass is 10.1. The van der Waals surface area contributed by atoms with Crippen molar-refractivity contribution in [1.82, 2.24) is 0 Å². The van der Waals surface area contributed by atoms with Gasteiger partial charge in [-0.15, -0.1) is 0 Å². The number of hydrogen-bond acceptors (Lipinski definition) is 4. The Morgan fingerprint density at radius 2 is 1.73 bits per heavy atom. The van der Waals surface area contributed by atoms with Crippen LogP contribution in [-0.2, 0) is 16.3 Å². The predicted octanol–water partition coefficient (Wildman–Crippen LogP) is 3.19. The van der Waals surface area contributed by atoms with Crippen molar-refractivity contribution in [2.24, 2.45) is 5.16 Å². The van der Waals surface area contributed by atoms with Crippen molar-refractivity contribution in [1.29, 1.82) is 0 Å². The maximum absolute atomic E-state index is 12.8. The van der Waals surface area contributed by atoms with Crippen molar-refractivity contribution in [3.05, 3.63) is 77.5 Å².